The number of benzene rings is 2. The van der Waals surface area contributed by atoms with E-state index in [1.807, 2.05) is 0 Å². The van der Waals surface area contributed by atoms with Gasteiger partial charge in [0.1, 0.15) is 0 Å². The Morgan fingerprint density at radius 2 is 0.842 bits per heavy atom. The first kappa shape index (κ1) is 15.9. The van der Waals surface area contributed by atoms with E-state index in [2.05, 4.69) is 0 Å². The van der Waals surface area contributed by atoms with Crippen molar-refractivity contribution in [2.45, 2.75) is 0 Å². The summed E-state index contributed by atoms with van der Waals surface area (Å²) < 4.78 is 0. The molecule has 2 aromatic rings. The van der Waals surface area contributed by atoms with Gasteiger partial charge >= 0.3 is 0 Å². The van der Waals surface area contributed by atoms with Crippen LogP contribution in [0.3, 0.4) is 0 Å². The van der Waals surface area contributed by atoms with Crippen LogP contribution in [-0.4, -0.2) is 0 Å². The summed E-state index contributed by atoms with van der Waals surface area (Å²) in [5.74, 6) is 0. The van der Waals surface area contributed by atoms with Crippen LogP contribution in [0.1, 0.15) is 0 Å². The predicted octanol–water partition coefficient (Wildman–Crippen LogP) is 7.93. The van der Waals surface area contributed by atoms with E-state index < -0.39 is 0 Å². The molecule has 2 rings (SSSR count). The second-order valence-electron chi connectivity index (χ2n) is 3.60. The number of hydrogen-bond donors (Lipinski definition) is 0. The lowest BCUT2D eigenvalue weighted by atomic mass is 10.1. The van der Waals surface area contributed by atoms with E-state index >= 15 is 0 Å². The van der Waals surface area contributed by atoms with E-state index in [1.165, 1.54) is 0 Å². The average molecular weight is 395 g/mol. The molecular weight excluding hydrogens is 392 g/mol. The fourth-order valence-electron chi connectivity index (χ4n) is 1.56. The Balaban J connectivity index is 2.82. The van der Waals surface area contributed by atoms with Crippen LogP contribution >= 0.6 is 81.2 Å². The third-order valence-corrected chi connectivity index (χ3v) is 5.07. The quantitative estimate of drug-likeness (QED) is 0.340. The van der Waals surface area contributed by atoms with Crippen molar-refractivity contribution >= 4 is 81.2 Å². The molecule has 0 spiro atoms. The first-order valence-corrected chi connectivity index (χ1v) is 7.45. The first-order chi connectivity index (χ1) is 8.82. The lowest BCUT2D eigenvalue weighted by Crippen LogP contribution is -1.87. The van der Waals surface area contributed by atoms with Crippen molar-refractivity contribution in [3.05, 3.63) is 53.4 Å². The smallest absolute Gasteiger partial charge is 0.0809 e. The van der Waals surface area contributed by atoms with Crippen LogP contribution in [0, 0.1) is 0 Å². The minimum absolute atomic E-state index is 0.107. The molecule has 0 N–H and O–H groups in total. The van der Waals surface area contributed by atoms with E-state index in [0.717, 1.165) is 0 Å². The zero-order valence-electron chi connectivity index (χ0n) is 8.88. The molecule has 0 nitrogen and oxygen atoms in total. The summed E-state index contributed by atoms with van der Waals surface area (Å²) in [6.45, 7) is 0. The Labute approximate surface area is 145 Å². The summed E-state index contributed by atoms with van der Waals surface area (Å²) in [7, 11) is 0. The Morgan fingerprint density at radius 1 is 0.474 bits per heavy atom. The molecule has 0 radical (unpaired) electrons. The Hall–Kier alpha value is 0.470. The molecule has 2 aromatic carbocycles. The molecule has 0 heterocycles. The van der Waals surface area contributed by atoms with Crippen LogP contribution in [0.4, 0.5) is 0 Å². The van der Waals surface area contributed by atoms with E-state index in [-0.39, 0.29) is 25.1 Å². The normalized spacial score (nSPS) is 10.9. The van der Waals surface area contributed by atoms with E-state index in [9.17, 15) is 0 Å². The van der Waals surface area contributed by atoms with Gasteiger partial charge in [-0.15, -0.1) is 0 Å². The Morgan fingerprint density at radius 3 is 1.26 bits per heavy atom. The third-order valence-electron chi connectivity index (χ3n) is 2.36. The fourth-order valence-corrected chi connectivity index (χ4v) is 3.44. The topological polar surface area (TPSA) is 0 Å². The van der Waals surface area contributed by atoms with Crippen molar-refractivity contribution in [2.75, 3.05) is 0 Å². The van der Waals surface area contributed by atoms with Gasteiger partial charge < -0.3 is 0 Å². The van der Waals surface area contributed by atoms with Gasteiger partial charge in [-0.3, -0.25) is 0 Å². The van der Waals surface area contributed by atoms with Crippen LogP contribution in [0.15, 0.2) is 18.2 Å². The summed E-state index contributed by atoms with van der Waals surface area (Å²) in [5.41, 5.74) is 1.04. The Kier molecular flexibility index (Phi) is 5.07. The minimum Gasteiger partial charge on any atom is -0.0843 e. The highest BCUT2D eigenvalue weighted by Gasteiger charge is 2.20. The molecule has 7 heteroatoms. The lowest BCUT2D eigenvalue weighted by Gasteiger charge is -2.13. The zero-order chi connectivity index (χ0) is 14.3. The largest absolute Gasteiger partial charge is 0.0843 e. The van der Waals surface area contributed by atoms with Crippen molar-refractivity contribution in [1.82, 2.24) is 0 Å². The van der Waals surface area contributed by atoms with Gasteiger partial charge in [0.05, 0.1) is 25.1 Å². The van der Waals surface area contributed by atoms with Crippen LogP contribution < -0.4 is 0 Å². The van der Waals surface area contributed by atoms with Crippen LogP contribution in [0.2, 0.25) is 35.2 Å². The standard InChI is InChI=1S/C12H3Cl7/c13-5-1-4(2-6(14)3-5)7-8(15)10(17)12(19)11(18)9(7)16/h1-3H. The zero-order valence-corrected chi connectivity index (χ0v) is 14.2. The lowest BCUT2D eigenvalue weighted by molar-refractivity contribution is 1.61. The second kappa shape index (κ2) is 6.07. The van der Waals surface area contributed by atoms with E-state index in [1.54, 1.807) is 18.2 Å². The SMILES string of the molecule is Clc1cc(Cl)cc(-c2c(Cl)c(Cl)c(Cl)c(Cl)c2Cl)c1. The predicted molar refractivity (Wildman–Crippen MR) is 86.9 cm³/mol. The number of halogens is 7. The van der Waals surface area contributed by atoms with Gasteiger partial charge in [-0.1, -0.05) is 81.2 Å². The molecule has 0 bridgehead atoms. The molecule has 19 heavy (non-hydrogen) atoms. The van der Waals surface area contributed by atoms with Crippen LogP contribution in [-0.2, 0) is 0 Å². The summed E-state index contributed by atoms with van der Waals surface area (Å²) in [6, 6.07) is 4.90. The summed E-state index contributed by atoms with van der Waals surface area (Å²) in [5, 5.41) is 1.63. The summed E-state index contributed by atoms with van der Waals surface area (Å²) in [4.78, 5) is 0. The monoisotopic (exact) mass is 392 g/mol. The molecule has 0 aliphatic heterocycles. The maximum Gasteiger partial charge on any atom is 0.0809 e. The average Bonchev–Trinajstić information content (AvgIpc) is 2.33. The van der Waals surface area contributed by atoms with E-state index in [4.69, 9.17) is 81.2 Å². The highest BCUT2D eigenvalue weighted by Crippen LogP contribution is 2.48. The molecule has 0 saturated carbocycles. The van der Waals surface area contributed by atoms with Crippen molar-refractivity contribution < 1.29 is 0 Å². The molecule has 0 aliphatic rings. The minimum atomic E-state index is 0.107. The fraction of sp³-hybridized carbons (Fsp3) is 0. The first-order valence-electron chi connectivity index (χ1n) is 4.80. The molecule has 0 saturated heterocycles. The molecule has 100 valence electrons. The van der Waals surface area contributed by atoms with Crippen molar-refractivity contribution in [3.63, 3.8) is 0 Å². The summed E-state index contributed by atoms with van der Waals surface area (Å²) >= 11 is 42.2. The third kappa shape index (κ3) is 3.06. The van der Waals surface area contributed by atoms with E-state index in [0.29, 0.717) is 21.2 Å². The highest BCUT2D eigenvalue weighted by molar-refractivity contribution is 6.56. The van der Waals surface area contributed by atoms with Gasteiger partial charge in [0.25, 0.3) is 0 Å². The van der Waals surface area contributed by atoms with Crippen molar-refractivity contribution in [3.8, 4) is 11.1 Å². The second-order valence-corrected chi connectivity index (χ2v) is 6.37. The number of rotatable bonds is 1. The van der Waals surface area contributed by atoms with Crippen molar-refractivity contribution in [2.24, 2.45) is 0 Å². The molecule has 0 aliphatic carbocycles. The highest BCUT2D eigenvalue weighted by atomic mass is 35.5. The molecular formula is C12H3Cl7. The van der Waals surface area contributed by atoms with Gasteiger partial charge in [0, 0.05) is 15.6 Å². The van der Waals surface area contributed by atoms with Crippen LogP contribution in [0.5, 0.6) is 0 Å². The van der Waals surface area contributed by atoms with Crippen LogP contribution in [0.25, 0.3) is 11.1 Å². The molecule has 0 unspecified atom stereocenters. The van der Waals surface area contributed by atoms with Gasteiger partial charge in [0.2, 0.25) is 0 Å². The van der Waals surface area contributed by atoms with Gasteiger partial charge in [-0.2, -0.15) is 0 Å². The molecule has 0 fully saturated rings. The maximum absolute atomic E-state index is 6.17. The Bertz CT molecular complexity index is 614. The number of hydrogen-bond acceptors (Lipinski definition) is 0. The molecule has 0 amide bonds. The van der Waals surface area contributed by atoms with Gasteiger partial charge in [0.15, 0.2) is 0 Å². The maximum atomic E-state index is 6.17. The van der Waals surface area contributed by atoms with Gasteiger partial charge in [-0.05, 0) is 23.8 Å². The molecule has 0 aromatic heterocycles. The van der Waals surface area contributed by atoms with Crippen molar-refractivity contribution in [1.29, 1.82) is 0 Å². The molecule has 0 atom stereocenters. The van der Waals surface area contributed by atoms with Gasteiger partial charge in [-0.25, -0.2) is 0 Å². The summed E-state index contributed by atoms with van der Waals surface area (Å²) in [6.07, 6.45) is 0.